The van der Waals surface area contributed by atoms with Gasteiger partial charge in [-0.15, -0.1) is 11.8 Å². The van der Waals surface area contributed by atoms with Gasteiger partial charge in [-0.2, -0.15) is 0 Å². The molecule has 0 unspecified atom stereocenters. The number of carbonyl (C=O) groups is 1. The zero-order valence-electron chi connectivity index (χ0n) is 11.9. The first-order valence-electron chi connectivity index (χ1n) is 6.94. The number of carbonyl (C=O) groups excluding carboxylic acids is 1. The van der Waals surface area contributed by atoms with Crippen molar-refractivity contribution >= 4 is 17.7 Å². The molecular formula is C14H25NO2S. The summed E-state index contributed by atoms with van der Waals surface area (Å²) in [7, 11) is 0. The molecule has 2 fully saturated rings. The molecule has 3 atom stereocenters. The van der Waals surface area contributed by atoms with E-state index in [1.54, 1.807) is 0 Å². The van der Waals surface area contributed by atoms with Crippen LogP contribution in [-0.4, -0.2) is 29.2 Å². The molecule has 1 saturated carbocycles. The lowest BCUT2D eigenvalue weighted by Gasteiger charge is -2.45. The molecule has 0 aromatic rings. The van der Waals surface area contributed by atoms with Crippen molar-refractivity contribution in [2.24, 2.45) is 11.3 Å². The highest BCUT2D eigenvalue weighted by molar-refractivity contribution is 8.01. The lowest BCUT2D eigenvalue weighted by Crippen LogP contribution is -2.51. The Labute approximate surface area is 114 Å². The van der Waals surface area contributed by atoms with E-state index in [0.29, 0.717) is 12.0 Å². The van der Waals surface area contributed by atoms with Crippen molar-refractivity contribution in [1.82, 2.24) is 5.32 Å². The fourth-order valence-electron chi connectivity index (χ4n) is 3.73. The van der Waals surface area contributed by atoms with Gasteiger partial charge in [-0.1, -0.05) is 20.8 Å². The Balaban J connectivity index is 2.03. The van der Waals surface area contributed by atoms with Crippen LogP contribution in [0.4, 0.5) is 0 Å². The van der Waals surface area contributed by atoms with Crippen LogP contribution in [0.1, 0.15) is 47.0 Å². The summed E-state index contributed by atoms with van der Waals surface area (Å²) in [4.78, 5) is 11.9. The molecule has 0 bridgehead atoms. The molecule has 1 aliphatic heterocycles. The first-order valence-corrected chi connectivity index (χ1v) is 7.93. The van der Waals surface area contributed by atoms with Gasteiger partial charge in [0.05, 0.1) is 11.5 Å². The third kappa shape index (κ3) is 3.02. The monoisotopic (exact) mass is 271 g/mol. The van der Waals surface area contributed by atoms with Crippen molar-refractivity contribution in [3.05, 3.63) is 0 Å². The summed E-state index contributed by atoms with van der Waals surface area (Å²) in [5.41, 5.74) is 0.362. The van der Waals surface area contributed by atoms with Crippen LogP contribution in [0.5, 0.6) is 0 Å². The van der Waals surface area contributed by atoms with Crippen LogP contribution < -0.4 is 5.32 Å². The van der Waals surface area contributed by atoms with Gasteiger partial charge >= 0.3 is 5.97 Å². The van der Waals surface area contributed by atoms with Gasteiger partial charge < -0.3 is 4.74 Å². The lowest BCUT2D eigenvalue weighted by molar-refractivity contribution is -0.145. The Morgan fingerprint density at radius 2 is 2.17 bits per heavy atom. The van der Waals surface area contributed by atoms with E-state index in [1.807, 2.05) is 18.7 Å². The summed E-state index contributed by atoms with van der Waals surface area (Å²) in [6.45, 7) is 9.33. The maximum Gasteiger partial charge on any atom is 0.324 e. The number of thioether (sulfide) groups is 1. The van der Waals surface area contributed by atoms with Crippen molar-refractivity contribution in [3.63, 3.8) is 0 Å². The van der Waals surface area contributed by atoms with Gasteiger partial charge in [-0.05, 0) is 37.5 Å². The van der Waals surface area contributed by atoms with Crippen LogP contribution in [0.2, 0.25) is 0 Å². The van der Waals surface area contributed by atoms with E-state index in [9.17, 15) is 4.79 Å². The number of esters is 1. The smallest absolute Gasteiger partial charge is 0.324 e. The van der Waals surface area contributed by atoms with Crippen LogP contribution in [0.25, 0.3) is 0 Å². The van der Waals surface area contributed by atoms with Crippen LogP contribution in [0, 0.1) is 11.3 Å². The quantitative estimate of drug-likeness (QED) is 0.784. The van der Waals surface area contributed by atoms with E-state index in [0.717, 1.165) is 24.5 Å². The lowest BCUT2D eigenvalue weighted by atomic mass is 9.70. The molecule has 1 N–H and O–H groups in total. The minimum absolute atomic E-state index is 0.0853. The van der Waals surface area contributed by atoms with Crippen LogP contribution in [0.15, 0.2) is 0 Å². The summed E-state index contributed by atoms with van der Waals surface area (Å²) in [6, 6.07) is -0.115. The van der Waals surface area contributed by atoms with Crippen LogP contribution >= 0.6 is 11.8 Å². The van der Waals surface area contributed by atoms with Gasteiger partial charge in [0.2, 0.25) is 0 Å². The Bertz CT molecular complexity index is 332. The van der Waals surface area contributed by atoms with Crippen molar-refractivity contribution in [3.8, 4) is 0 Å². The minimum atomic E-state index is -0.115. The number of nitrogens with one attached hydrogen (secondary N) is 1. The predicted octanol–water partition coefficient (Wildman–Crippen LogP) is 2.80. The van der Waals surface area contributed by atoms with Gasteiger partial charge in [0, 0.05) is 5.75 Å². The van der Waals surface area contributed by atoms with Crippen molar-refractivity contribution in [2.45, 2.75) is 57.9 Å². The largest absolute Gasteiger partial charge is 0.465 e. The molecule has 2 rings (SSSR count). The minimum Gasteiger partial charge on any atom is -0.465 e. The second-order valence-electron chi connectivity index (χ2n) is 6.61. The summed E-state index contributed by atoms with van der Waals surface area (Å²) in [6.07, 6.45) is 3.59. The first-order chi connectivity index (χ1) is 8.36. The molecule has 1 aliphatic carbocycles. The third-order valence-corrected chi connectivity index (χ3v) is 5.36. The molecule has 0 radical (unpaired) electrons. The van der Waals surface area contributed by atoms with E-state index in [2.05, 4.69) is 26.1 Å². The fraction of sp³-hybridized carbons (Fsp3) is 0.929. The van der Waals surface area contributed by atoms with E-state index in [1.165, 1.54) is 6.42 Å². The summed E-state index contributed by atoms with van der Waals surface area (Å²) < 4.78 is 5.12. The molecule has 18 heavy (non-hydrogen) atoms. The average Bonchev–Trinajstić information content (AvgIpc) is 2.58. The highest BCUT2D eigenvalue weighted by Crippen LogP contribution is 2.51. The number of ether oxygens (including phenoxy) is 1. The summed E-state index contributed by atoms with van der Waals surface area (Å²) >= 11 is 1.92. The van der Waals surface area contributed by atoms with Crippen molar-refractivity contribution < 1.29 is 9.53 Å². The average molecular weight is 271 g/mol. The Hall–Kier alpha value is -0.220. The Morgan fingerprint density at radius 1 is 1.44 bits per heavy atom. The molecule has 0 amide bonds. The van der Waals surface area contributed by atoms with E-state index in [-0.39, 0.29) is 16.9 Å². The van der Waals surface area contributed by atoms with E-state index in [4.69, 9.17) is 4.74 Å². The SMILES string of the molecule is CCOC(=O)[C@H]1CS[C@]2(C[C@H](C)CC(C)(C)C2)N1. The zero-order chi connectivity index (χ0) is 13.4. The fourth-order valence-corrected chi connectivity index (χ4v) is 5.56. The second-order valence-corrected chi connectivity index (χ2v) is 8.01. The van der Waals surface area contributed by atoms with Gasteiger partial charge in [0.25, 0.3) is 0 Å². The molecule has 0 aromatic carbocycles. The van der Waals surface area contributed by atoms with Crippen LogP contribution in [0.3, 0.4) is 0 Å². The second kappa shape index (κ2) is 5.04. The van der Waals surface area contributed by atoms with Crippen molar-refractivity contribution in [1.29, 1.82) is 0 Å². The highest BCUT2D eigenvalue weighted by Gasteiger charge is 2.49. The van der Waals surface area contributed by atoms with E-state index >= 15 is 0 Å². The summed E-state index contributed by atoms with van der Waals surface area (Å²) in [5.74, 6) is 1.48. The van der Waals surface area contributed by atoms with Crippen molar-refractivity contribution in [2.75, 3.05) is 12.4 Å². The van der Waals surface area contributed by atoms with Gasteiger partial charge in [-0.3, -0.25) is 10.1 Å². The highest BCUT2D eigenvalue weighted by atomic mass is 32.2. The standard InChI is InChI=1S/C14H25NO2S/c1-5-17-12(16)11-8-18-14(15-11)7-10(2)6-13(3,4)9-14/h10-11,15H,5-9H2,1-4H3/t10-,11-,14+/m1/s1. The molecule has 1 heterocycles. The molecule has 3 nitrogen and oxygen atoms in total. The Morgan fingerprint density at radius 3 is 2.78 bits per heavy atom. The molecule has 1 spiro atoms. The predicted molar refractivity (Wildman–Crippen MR) is 75.5 cm³/mol. The molecule has 1 saturated heterocycles. The first kappa shape index (κ1) is 14.2. The topological polar surface area (TPSA) is 38.3 Å². The van der Waals surface area contributed by atoms with Gasteiger partial charge in [0.1, 0.15) is 6.04 Å². The molecular weight excluding hydrogens is 246 g/mol. The molecule has 4 heteroatoms. The normalized spacial score (nSPS) is 38.9. The molecule has 104 valence electrons. The van der Waals surface area contributed by atoms with E-state index < -0.39 is 0 Å². The maximum atomic E-state index is 11.8. The molecule has 2 aliphatic rings. The Kier molecular flexibility index (Phi) is 3.98. The van der Waals surface area contributed by atoms with Crippen LogP contribution in [-0.2, 0) is 9.53 Å². The molecule has 0 aromatic heterocycles. The maximum absolute atomic E-state index is 11.8. The van der Waals surface area contributed by atoms with Gasteiger partial charge in [0.15, 0.2) is 0 Å². The number of rotatable bonds is 2. The number of hydrogen-bond donors (Lipinski definition) is 1. The zero-order valence-corrected chi connectivity index (χ0v) is 12.7. The summed E-state index contributed by atoms with van der Waals surface area (Å²) in [5, 5.41) is 3.57. The third-order valence-electron chi connectivity index (χ3n) is 3.88. The van der Waals surface area contributed by atoms with Gasteiger partial charge in [-0.25, -0.2) is 0 Å². The number of hydrogen-bond acceptors (Lipinski definition) is 4.